The lowest BCUT2D eigenvalue weighted by Crippen LogP contribution is -1.94. The molecule has 5 nitrogen and oxygen atoms in total. The molecule has 3 rings (SSSR count). The number of hydrogen-bond donors (Lipinski definition) is 0. The Morgan fingerprint density at radius 3 is 3.18 bits per heavy atom. The fraction of sp³-hybridized carbons (Fsp3) is 0.545. The van der Waals surface area contributed by atoms with E-state index in [9.17, 15) is 0 Å². The Balaban J connectivity index is 1.62. The van der Waals surface area contributed by atoms with E-state index in [-0.39, 0.29) is 0 Å². The molecular formula is C11H14N4OS. The number of imidazole rings is 1. The van der Waals surface area contributed by atoms with E-state index in [1.807, 2.05) is 12.4 Å². The molecule has 0 N–H and O–H groups in total. The molecule has 0 aliphatic heterocycles. The van der Waals surface area contributed by atoms with Crippen molar-refractivity contribution in [2.75, 3.05) is 0 Å². The van der Waals surface area contributed by atoms with Crippen LogP contribution < -0.4 is 0 Å². The Labute approximate surface area is 104 Å². The van der Waals surface area contributed by atoms with Crippen molar-refractivity contribution in [2.24, 2.45) is 0 Å². The van der Waals surface area contributed by atoms with E-state index in [0.717, 1.165) is 17.5 Å². The van der Waals surface area contributed by atoms with Crippen LogP contribution >= 0.6 is 11.8 Å². The van der Waals surface area contributed by atoms with Crippen molar-refractivity contribution >= 4 is 11.8 Å². The van der Waals surface area contributed by atoms with Crippen molar-refractivity contribution in [1.29, 1.82) is 0 Å². The third-order valence-electron chi connectivity index (χ3n) is 2.77. The molecule has 2 aromatic rings. The van der Waals surface area contributed by atoms with Crippen molar-refractivity contribution in [3.63, 3.8) is 0 Å². The van der Waals surface area contributed by atoms with E-state index in [1.165, 1.54) is 12.8 Å². The summed E-state index contributed by atoms with van der Waals surface area (Å²) in [4.78, 5) is 8.68. The Morgan fingerprint density at radius 2 is 2.41 bits per heavy atom. The second-order valence-electron chi connectivity index (χ2n) is 4.11. The minimum atomic E-state index is 0.551. The summed E-state index contributed by atoms with van der Waals surface area (Å²) in [6.07, 6.45) is 6.19. The molecule has 0 amide bonds. The molecule has 17 heavy (non-hydrogen) atoms. The number of nitrogens with zero attached hydrogens (tertiary/aromatic N) is 4. The van der Waals surface area contributed by atoms with Crippen LogP contribution in [0.1, 0.15) is 37.4 Å². The average molecular weight is 250 g/mol. The molecule has 0 aromatic carbocycles. The van der Waals surface area contributed by atoms with Crippen molar-refractivity contribution in [3.05, 3.63) is 24.1 Å². The topological polar surface area (TPSA) is 56.7 Å². The van der Waals surface area contributed by atoms with Crippen molar-refractivity contribution in [2.45, 2.75) is 43.1 Å². The van der Waals surface area contributed by atoms with Crippen LogP contribution in [0.25, 0.3) is 0 Å². The Kier molecular flexibility index (Phi) is 2.88. The predicted molar refractivity (Wildman–Crippen MR) is 63.7 cm³/mol. The van der Waals surface area contributed by atoms with Gasteiger partial charge in [0.2, 0.25) is 5.89 Å². The van der Waals surface area contributed by atoms with Crippen LogP contribution in [0.5, 0.6) is 0 Å². The maximum Gasteiger partial charge on any atom is 0.237 e. The molecular weight excluding hydrogens is 236 g/mol. The molecule has 90 valence electrons. The fourth-order valence-corrected chi connectivity index (χ4v) is 2.50. The summed E-state index contributed by atoms with van der Waals surface area (Å²) >= 11 is 1.63. The number of hydrogen-bond acceptors (Lipinski definition) is 5. The van der Waals surface area contributed by atoms with Gasteiger partial charge in [0.25, 0.3) is 0 Å². The average Bonchev–Trinajstić information content (AvgIpc) is 2.93. The lowest BCUT2D eigenvalue weighted by molar-refractivity contribution is 0.385. The first-order valence-corrected chi connectivity index (χ1v) is 6.81. The summed E-state index contributed by atoms with van der Waals surface area (Å²) in [5.74, 6) is 2.81. The third-order valence-corrected chi connectivity index (χ3v) is 3.76. The van der Waals surface area contributed by atoms with Gasteiger partial charge in [-0.3, -0.25) is 0 Å². The van der Waals surface area contributed by atoms with Gasteiger partial charge in [0.1, 0.15) is 0 Å². The van der Waals surface area contributed by atoms with Gasteiger partial charge in [-0.1, -0.05) is 16.9 Å². The number of aryl methyl sites for hydroxylation is 1. The standard InChI is InChI=1S/C11H14N4OS/c1-2-15-6-5-12-11(15)17-7-9-13-10(14-16-9)8-3-4-8/h5-6,8H,2-4,7H2,1H3. The van der Waals surface area contributed by atoms with E-state index in [0.29, 0.717) is 17.6 Å². The first kappa shape index (κ1) is 10.8. The van der Waals surface area contributed by atoms with Crippen LogP contribution in [0.4, 0.5) is 0 Å². The summed E-state index contributed by atoms with van der Waals surface area (Å²) < 4.78 is 7.32. The highest BCUT2D eigenvalue weighted by Crippen LogP contribution is 2.38. The molecule has 1 aliphatic carbocycles. The second-order valence-corrected chi connectivity index (χ2v) is 5.05. The van der Waals surface area contributed by atoms with E-state index >= 15 is 0 Å². The first-order chi connectivity index (χ1) is 8.36. The summed E-state index contributed by atoms with van der Waals surface area (Å²) in [7, 11) is 0. The monoisotopic (exact) mass is 250 g/mol. The van der Waals surface area contributed by atoms with Crippen molar-refractivity contribution in [3.8, 4) is 0 Å². The van der Waals surface area contributed by atoms with Crippen molar-refractivity contribution < 1.29 is 4.52 Å². The van der Waals surface area contributed by atoms with Gasteiger partial charge in [-0.05, 0) is 19.8 Å². The normalized spacial score (nSPS) is 15.4. The van der Waals surface area contributed by atoms with Gasteiger partial charge in [0.15, 0.2) is 11.0 Å². The zero-order valence-corrected chi connectivity index (χ0v) is 10.5. The minimum Gasteiger partial charge on any atom is -0.338 e. The molecule has 0 spiro atoms. The molecule has 2 heterocycles. The maximum absolute atomic E-state index is 5.22. The van der Waals surface area contributed by atoms with E-state index in [4.69, 9.17) is 4.52 Å². The predicted octanol–water partition coefficient (Wildman–Crippen LogP) is 2.46. The summed E-state index contributed by atoms with van der Waals surface area (Å²) in [6, 6.07) is 0. The van der Waals surface area contributed by atoms with Gasteiger partial charge in [-0.15, -0.1) is 0 Å². The molecule has 0 unspecified atom stereocenters. The van der Waals surface area contributed by atoms with Gasteiger partial charge in [0.05, 0.1) is 5.75 Å². The summed E-state index contributed by atoms with van der Waals surface area (Å²) in [5.41, 5.74) is 0. The molecule has 0 atom stereocenters. The van der Waals surface area contributed by atoms with Crippen LogP contribution in [0.3, 0.4) is 0 Å². The van der Waals surface area contributed by atoms with Crippen LogP contribution in [0.15, 0.2) is 22.1 Å². The van der Waals surface area contributed by atoms with Gasteiger partial charge in [-0.2, -0.15) is 4.98 Å². The fourth-order valence-electron chi connectivity index (χ4n) is 1.64. The van der Waals surface area contributed by atoms with Crippen LogP contribution in [0, 0.1) is 0 Å². The Bertz CT molecular complexity index is 503. The molecule has 1 fully saturated rings. The van der Waals surface area contributed by atoms with E-state index in [1.54, 1.807) is 11.8 Å². The van der Waals surface area contributed by atoms with Gasteiger partial charge >= 0.3 is 0 Å². The first-order valence-electron chi connectivity index (χ1n) is 5.83. The van der Waals surface area contributed by atoms with Gasteiger partial charge in [-0.25, -0.2) is 4.98 Å². The zero-order valence-electron chi connectivity index (χ0n) is 9.67. The number of thioether (sulfide) groups is 1. The minimum absolute atomic E-state index is 0.551. The molecule has 0 saturated heterocycles. The smallest absolute Gasteiger partial charge is 0.237 e. The van der Waals surface area contributed by atoms with Crippen LogP contribution in [-0.4, -0.2) is 19.7 Å². The lowest BCUT2D eigenvalue weighted by Gasteiger charge is -2.01. The largest absolute Gasteiger partial charge is 0.338 e. The van der Waals surface area contributed by atoms with E-state index < -0.39 is 0 Å². The molecule has 0 bridgehead atoms. The zero-order chi connectivity index (χ0) is 11.7. The maximum atomic E-state index is 5.22. The van der Waals surface area contributed by atoms with Crippen molar-refractivity contribution in [1.82, 2.24) is 19.7 Å². The molecule has 1 saturated carbocycles. The molecule has 6 heteroatoms. The summed E-state index contributed by atoms with van der Waals surface area (Å²) in [6.45, 7) is 3.03. The Hall–Kier alpha value is -1.30. The van der Waals surface area contributed by atoms with E-state index in [2.05, 4.69) is 26.6 Å². The van der Waals surface area contributed by atoms with Gasteiger partial charge < -0.3 is 9.09 Å². The highest BCUT2D eigenvalue weighted by atomic mass is 32.2. The third kappa shape index (κ3) is 2.36. The van der Waals surface area contributed by atoms with Crippen LogP contribution in [-0.2, 0) is 12.3 Å². The quantitative estimate of drug-likeness (QED) is 0.763. The number of aromatic nitrogens is 4. The molecule has 2 aromatic heterocycles. The van der Waals surface area contributed by atoms with Gasteiger partial charge in [0, 0.05) is 24.9 Å². The second kappa shape index (κ2) is 4.52. The number of rotatable bonds is 5. The highest BCUT2D eigenvalue weighted by Gasteiger charge is 2.28. The van der Waals surface area contributed by atoms with Crippen LogP contribution in [0.2, 0.25) is 0 Å². The SMILES string of the molecule is CCn1ccnc1SCc1nc(C2CC2)no1. The lowest BCUT2D eigenvalue weighted by atomic mass is 10.4. The Morgan fingerprint density at radius 1 is 1.53 bits per heavy atom. The highest BCUT2D eigenvalue weighted by molar-refractivity contribution is 7.98. The molecule has 0 radical (unpaired) electrons. The summed E-state index contributed by atoms with van der Waals surface area (Å²) in [5, 5.41) is 4.99. The molecule has 1 aliphatic rings.